The quantitative estimate of drug-likeness (QED) is 0.653. The molecule has 0 unspecified atom stereocenters. The predicted molar refractivity (Wildman–Crippen MR) is 86.1 cm³/mol. The smallest absolute Gasteiger partial charge is 0.272 e. The number of nitro benzene ring substituents is 1. The lowest BCUT2D eigenvalue weighted by molar-refractivity contribution is -0.385. The van der Waals surface area contributed by atoms with Gasteiger partial charge < -0.3 is 10.2 Å². The van der Waals surface area contributed by atoms with Crippen molar-refractivity contribution in [2.24, 2.45) is 0 Å². The van der Waals surface area contributed by atoms with Crippen LogP contribution in [0.4, 0.5) is 17.1 Å². The Morgan fingerprint density at radius 2 is 1.76 bits per heavy atom. The molecule has 21 heavy (non-hydrogen) atoms. The van der Waals surface area contributed by atoms with Gasteiger partial charge >= 0.3 is 0 Å². The summed E-state index contributed by atoms with van der Waals surface area (Å²) in [6.07, 6.45) is 0.610. The summed E-state index contributed by atoms with van der Waals surface area (Å²) in [6, 6.07) is 14.9. The summed E-state index contributed by atoms with van der Waals surface area (Å²) >= 11 is 0. The van der Waals surface area contributed by atoms with E-state index in [1.54, 1.807) is 18.2 Å². The van der Waals surface area contributed by atoms with E-state index in [1.165, 1.54) is 0 Å². The molecule has 0 aliphatic rings. The van der Waals surface area contributed by atoms with Crippen LogP contribution in [-0.2, 0) is 6.42 Å². The summed E-state index contributed by atoms with van der Waals surface area (Å²) < 4.78 is 0. The summed E-state index contributed by atoms with van der Waals surface area (Å²) in [7, 11) is 3.98. The van der Waals surface area contributed by atoms with Crippen LogP contribution in [0.3, 0.4) is 0 Å². The zero-order chi connectivity index (χ0) is 15.2. The van der Waals surface area contributed by atoms with Crippen LogP contribution in [0.2, 0.25) is 0 Å². The minimum absolute atomic E-state index is 0.181. The molecule has 0 aliphatic heterocycles. The van der Waals surface area contributed by atoms with Gasteiger partial charge in [-0.15, -0.1) is 0 Å². The van der Waals surface area contributed by atoms with Crippen LogP contribution < -0.4 is 10.2 Å². The van der Waals surface area contributed by atoms with Crippen molar-refractivity contribution < 1.29 is 4.92 Å². The molecule has 110 valence electrons. The van der Waals surface area contributed by atoms with Crippen molar-refractivity contribution in [2.75, 3.05) is 30.9 Å². The van der Waals surface area contributed by atoms with Crippen molar-refractivity contribution in [3.8, 4) is 0 Å². The molecule has 0 radical (unpaired) electrons. The van der Waals surface area contributed by atoms with Crippen LogP contribution in [0.15, 0.2) is 48.5 Å². The van der Waals surface area contributed by atoms with E-state index in [2.05, 4.69) is 5.32 Å². The molecule has 0 amide bonds. The standard InChI is InChI=1S/C16H19N3O2/c1-18(2)16-10-6-4-8-14(16)17-12-11-13-7-3-5-9-15(13)19(20)21/h3-10,17H,11-12H2,1-2H3. The lowest BCUT2D eigenvalue weighted by Crippen LogP contribution is -2.13. The molecule has 2 aromatic carbocycles. The highest BCUT2D eigenvalue weighted by Gasteiger charge is 2.11. The van der Waals surface area contributed by atoms with Gasteiger partial charge in [-0.3, -0.25) is 10.1 Å². The Morgan fingerprint density at radius 1 is 1.10 bits per heavy atom. The van der Waals surface area contributed by atoms with Gasteiger partial charge in [0.2, 0.25) is 0 Å². The molecule has 0 atom stereocenters. The fraction of sp³-hybridized carbons (Fsp3) is 0.250. The molecule has 0 heterocycles. The monoisotopic (exact) mass is 285 g/mol. The fourth-order valence-corrected chi connectivity index (χ4v) is 2.25. The van der Waals surface area contributed by atoms with E-state index in [1.807, 2.05) is 49.3 Å². The third-order valence-corrected chi connectivity index (χ3v) is 3.28. The molecule has 2 aromatic rings. The first-order valence-corrected chi connectivity index (χ1v) is 6.82. The molecule has 0 aromatic heterocycles. The van der Waals surface area contributed by atoms with Gasteiger partial charge in [0, 0.05) is 32.3 Å². The van der Waals surface area contributed by atoms with Gasteiger partial charge in [0.05, 0.1) is 16.3 Å². The SMILES string of the molecule is CN(C)c1ccccc1NCCc1ccccc1[N+](=O)[O-]. The molecule has 0 saturated heterocycles. The van der Waals surface area contributed by atoms with E-state index < -0.39 is 0 Å². The molecule has 5 heteroatoms. The van der Waals surface area contributed by atoms with Gasteiger partial charge in [-0.2, -0.15) is 0 Å². The van der Waals surface area contributed by atoms with E-state index in [9.17, 15) is 10.1 Å². The van der Waals surface area contributed by atoms with E-state index in [-0.39, 0.29) is 10.6 Å². The first-order valence-electron chi connectivity index (χ1n) is 6.82. The van der Waals surface area contributed by atoms with Gasteiger partial charge in [-0.1, -0.05) is 30.3 Å². The van der Waals surface area contributed by atoms with Gasteiger partial charge in [0.15, 0.2) is 0 Å². The Balaban J connectivity index is 2.04. The Hall–Kier alpha value is -2.56. The second-order valence-electron chi connectivity index (χ2n) is 4.97. The van der Waals surface area contributed by atoms with Crippen LogP contribution in [-0.4, -0.2) is 25.6 Å². The predicted octanol–water partition coefficient (Wildman–Crippen LogP) is 3.32. The number of nitrogens with zero attached hydrogens (tertiary/aromatic N) is 2. The van der Waals surface area contributed by atoms with Crippen LogP contribution in [0.1, 0.15) is 5.56 Å². The fourth-order valence-electron chi connectivity index (χ4n) is 2.25. The Labute approximate surface area is 124 Å². The summed E-state index contributed by atoms with van der Waals surface area (Å²) in [6.45, 7) is 0.649. The number of nitrogens with one attached hydrogen (secondary N) is 1. The molecule has 0 bridgehead atoms. The molecule has 0 fully saturated rings. The first-order chi connectivity index (χ1) is 10.1. The summed E-state index contributed by atoms with van der Waals surface area (Å²) in [5, 5.41) is 14.3. The number of nitro groups is 1. The molecule has 0 aliphatic carbocycles. The summed E-state index contributed by atoms with van der Waals surface area (Å²) in [4.78, 5) is 12.7. The second-order valence-corrected chi connectivity index (χ2v) is 4.97. The number of para-hydroxylation sites is 3. The maximum Gasteiger partial charge on any atom is 0.272 e. The number of hydrogen-bond acceptors (Lipinski definition) is 4. The molecule has 5 nitrogen and oxygen atoms in total. The Bertz CT molecular complexity index is 626. The van der Waals surface area contributed by atoms with Crippen molar-refractivity contribution in [1.82, 2.24) is 0 Å². The van der Waals surface area contributed by atoms with E-state index in [4.69, 9.17) is 0 Å². The maximum absolute atomic E-state index is 11.0. The zero-order valence-electron chi connectivity index (χ0n) is 12.2. The largest absolute Gasteiger partial charge is 0.383 e. The van der Waals surface area contributed by atoms with Crippen LogP contribution in [0, 0.1) is 10.1 Å². The summed E-state index contributed by atoms with van der Waals surface area (Å²) in [5.41, 5.74) is 3.05. The topological polar surface area (TPSA) is 58.4 Å². The number of hydrogen-bond donors (Lipinski definition) is 1. The molecule has 1 N–H and O–H groups in total. The first kappa shape index (κ1) is 14.8. The van der Waals surface area contributed by atoms with Crippen molar-refractivity contribution >= 4 is 17.1 Å². The number of anilines is 2. The van der Waals surface area contributed by atoms with Crippen molar-refractivity contribution in [3.05, 3.63) is 64.2 Å². The van der Waals surface area contributed by atoms with Gasteiger partial charge in [-0.05, 0) is 18.6 Å². The Kier molecular flexibility index (Phi) is 4.77. The van der Waals surface area contributed by atoms with Crippen LogP contribution in [0.5, 0.6) is 0 Å². The minimum Gasteiger partial charge on any atom is -0.383 e. The average molecular weight is 285 g/mol. The van der Waals surface area contributed by atoms with E-state index >= 15 is 0 Å². The molecule has 0 spiro atoms. The van der Waals surface area contributed by atoms with Crippen LogP contribution in [0.25, 0.3) is 0 Å². The zero-order valence-corrected chi connectivity index (χ0v) is 12.2. The van der Waals surface area contributed by atoms with Gasteiger partial charge in [0.25, 0.3) is 5.69 Å². The lowest BCUT2D eigenvalue weighted by Gasteiger charge is -2.18. The third-order valence-electron chi connectivity index (χ3n) is 3.28. The van der Waals surface area contributed by atoms with Gasteiger partial charge in [0.1, 0.15) is 0 Å². The van der Waals surface area contributed by atoms with Crippen molar-refractivity contribution in [1.29, 1.82) is 0 Å². The highest BCUT2D eigenvalue weighted by Crippen LogP contribution is 2.24. The summed E-state index contributed by atoms with van der Waals surface area (Å²) in [5.74, 6) is 0. The number of benzene rings is 2. The maximum atomic E-state index is 11.0. The van der Waals surface area contributed by atoms with Crippen molar-refractivity contribution in [2.45, 2.75) is 6.42 Å². The molecule has 2 rings (SSSR count). The minimum atomic E-state index is -0.330. The molecular formula is C16H19N3O2. The van der Waals surface area contributed by atoms with E-state index in [0.29, 0.717) is 13.0 Å². The van der Waals surface area contributed by atoms with Crippen LogP contribution >= 0.6 is 0 Å². The molecule has 0 saturated carbocycles. The molecular weight excluding hydrogens is 266 g/mol. The lowest BCUT2D eigenvalue weighted by atomic mass is 10.1. The normalized spacial score (nSPS) is 10.2. The third kappa shape index (κ3) is 3.72. The van der Waals surface area contributed by atoms with Gasteiger partial charge in [-0.25, -0.2) is 0 Å². The average Bonchev–Trinajstić information content (AvgIpc) is 2.48. The number of rotatable bonds is 6. The highest BCUT2D eigenvalue weighted by atomic mass is 16.6. The second kappa shape index (κ2) is 6.74. The van der Waals surface area contributed by atoms with Crippen molar-refractivity contribution in [3.63, 3.8) is 0 Å². The van der Waals surface area contributed by atoms with E-state index in [0.717, 1.165) is 16.9 Å². The Morgan fingerprint density at radius 3 is 2.48 bits per heavy atom. The highest BCUT2D eigenvalue weighted by molar-refractivity contribution is 5.69.